The smallest absolute Gasteiger partial charge is 0.265 e. The molecule has 5 rings (SSSR count). The van der Waals surface area contributed by atoms with Crippen molar-refractivity contribution in [3.05, 3.63) is 93.8 Å². The lowest BCUT2D eigenvalue weighted by molar-refractivity contribution is 1.72. The third-order valence-corrected chi connectivity index (χ3v) is 6.85. The molecule has 0 saturated heterocycles. The van der Waals surface area contributed by atoms with E-state index in [-0.39, 0.29) is 4.06 Å². The van der Waals surface area contributed by atoms with Crippen LogP contribution in [0.2, 0.25) is 0 Å². The minimum absolute atomic E-state index is 0.135. The largest absolute Gasteiger partial charge is 0.288 e. The molecule has 0 radical (unpaired) electrons. The maximum Gasteiger partial charge on any atom is 0.288 e. The first kappa shape index (κ1) is 15.5. The van der Waals surface area contributed by atoms with Gasteiger partial charge in [-0.15, -0.1) is 0 Å². The first-order chi connectivity index (χ1) is 12.8. The van der Waals surface area contributed by atoms with Gasteiger partial charge in [-0.25, -0.2) is 0 Å². The lowest BCUT2D eigenvalue weighted by Crippen LogP contribution is -1.80. The Balaban J connectivity index is 1.71. The summed E-state index contributed by atoms with van der Waals surface area (Å²) in [6, 6.07) is 29.5. The van der Waals surface area contributed by atoms with Gasteiger partial charge in [-0.1, -0.05) is 95.5 Å². The zero-order valence-electron chi connectivity index (χ0n) is 13.8. The van der Waals surface area contributed by atoms with Gasteiger partial charge >= 0.3 is 0 Å². The van der Waals surface area contributed by atoms with Crippen LogP contribution >= 0.6 is 22.7 Å². The molecule has 124 valence electrons. The number of hydrogen-bond donors (Lipinski definition) is 0. The molecule has 1 heterocycles. The van der Waals surface area contributed by atoms with Crippen molar-refractivity contribution in [1.29, 1.82) is 0 Å². The number of rotatable bonds is 2. The third-order valence-electron chi connectivity index (χ3n) is 4.60. The highest BCUT2D eigenvalue weighted by atomic mass is 32.2. The van der Waals surface area contributed by atoms with Crippen LogP contribution < -0.4 is 4.06 Å². The summed E-state index contributed by atoms with van der Waals surface area (Å²) in [7, 11) is 0. The molecule has 26 heavy (non-hydrogen) atoms. The Kier molecular flexibility index (Phi) is 3.70. The summed E-state index contributed by atoms with van der Waals surface area (Å²) in [5, 5.41) is 4.82. The van der Waals surface area contributed by atoms with E-state index in [1.807, 2.05) is 24.3 Å². The number of hydrogen-bond acceptors (Lipinski definition) is 3. The van der Waals surface area contributed by atoms with E-state index in [9.17, 15) is 4.79 Å². The van der Waals surface area contributed by atoms with Crippen LogP contribution in [0.5, 0.6) is 0 Å². The van der Waals surface area contributed by atoms with Crippen molar-refractivity contribution in [1.82, 2.24) is 0 Å². The van der Waals surface area contributed by atoms with E-state index in [0.717, 1.165) is 20.9 Å². The van der Waals surface area contributed by atoms with Gasteiger partial charge in [0.25, 0.3) is 4.06 Å². The molecule has 0 N–H and O–H groups in total. The van der Waals surface area contributed by atoms with Crippen LogP contribution in [0, 0.1) is 0 Å². The molecule has 0 aliphatic carbocycles. The van der Waals surface area contributed by atoms with Gasteiger partial charge in [0.1, 0.15) is 0 Å². The monoisotopic (exact) mass is 370 g/mol. The molecule has 4 aromatic carbocycles. The fourth-order valence-electron chi connectivity index (χ4n) is 3.32. The summed E-state index contributed by atoms with van der Waals surface area (Å²) in [4.78, 5) is 14.3. The normalized spacial score (nSPS) is 11.2. The van der Waals surface area contributed by atoms with Crippen LogP contribution in [0.3, 0.4) is 0 Å². The van der Waals surface area contributed by atoms with Crippen molar-refractivity contribution in [2.24, 2.45) is 0 Å². The highest BCUT2D eigenvalue weighted by Gasteiger charge is 2.14. The predicted molar refractivity (Wildman–Crippen MR) is 114 cm³/mol. The predicted octanol–water partition coefficient (Wildman–Crippen LogP) is 6.81. The average Bonchev–Trinajstić information content (AvgIpc) is 3.09. The van der Waals surface area contributed by atoms with Crippen LogP contribution in [0.25, 0.3) is 42.4 Å². The van der Waals surface area contributed by atoms with Gasteiger partial charge in [0.2, 0.25) is 0 Å². The molecule has 0 unspecified atom stereocenters. The van der Waals surface area contributed by atoms with Gasteiger partial charge in [-0.3, -0.25) is 4.79 Å². The van der Waals surface area contributed by atoms with E-state index in [2.05, 4.69) is 60.7 Å². The summed E-state index contributed by atoms with van der Waals surface area (Å²) in [5.41, 5.74) is 2.21. The van der Waals surface area contributed by atoms with Crippen molar-refractivity contribution in [3.8, 4) is 20.9 Å². The first-order valence-electron chi connectivity index (χ1n) is 8.40. The molecule has 0 bridgehead atoms. The minimum atomic E-state index is 0.135. The molecule has 1 aromatic heterocycles. The average molecular weight is 370 g/mol. The van der Waals surface area contributed by atoms with Crippen LogP contribution in [0.15, 0.2) is 89.7 Å². The van der Waals surface area contributed by atoms with Crippen molar-refractivity contribution >= 4 is 44.2 Å². The van der Waals surface area contributed by atoms with E-state index in [4.69, 9.17) is 0 Å². The fourth-order valence-corrected chi connectivity index (χ4v) is 5.48. The molecule has 0 atom stereocenters. The molecule has 0 aliphatic heterocycles. The maximum atomic E-state index is 12.2. The van der Waals surface area contributed by atoms with E-state index >= 15 is 0 Å². The molecule has 3 heteroatoms. The minimum Gasteiger partial charge on any atom is -0.265 e. The van der Waals surface area contributed by atoms with E-state index in [0.29, 0.717) is 0 Å². The van der Waals surface area contributed by atoms with Gasteiger partial charge in [0.15, 0.2) is 0 Å². The molecule has 0 aliphatic rings. The molecule has 0 saturated carbocycles. The summed E-state index contributed by atoms with van der Waals surface area (Å²) in [6.45, 7) is 0. The second-order valence-corrected chi connectivity index (χ2v) is 8.46. The summed E-state index contributed by atoms with van der Waals surface area (Å²) in [6.07, 6.45) is 0. The van der Waals surface area contributed by atoms with Gasteiger partial charge in [0, 0.05) is 0 Å². The number of fused-ring (bicyclic) bond motifs is 2. The molecule has 0 spiro atoms. The molecule has 5 aromatic rings. The Morgan fingerprint density at radius 3 is 1.38 bits per heavy atom. The Bertz CT molecular complexity index is 1210. The fraction of sp³-hybridized carbons (Fsp3) is 0. The second kappa shape index (κ2) is 6.20. The molecule has 0 fully saturated rings. The van der Waals surface area contributed by atoms with E-state index < -0.39 is 0 Å². The summed E-state index contributed by atoms with van der Waals surface area (Å²) < 4.78 is 0.135. The molecule has 1 nitrogen and oxygen atoms in total. The Hall–Kier alpha value is -2.75. The third kappa shape index (κ3) is 2.66. The van der Waals surface area contributed by atoms with Crippen molar-refractivity contribution in [2.45, 2.75) is 0 Å². The van der Waals surface area contributed by atoms with Crippen molar-refractivity contribution in [3.63, 3.8) is 0 Å². The van der Waals surface area contributed by atoms with Crippen LogP contribution in [-0.4, -0.2) is 0 Å². The van der Waals surface area contributed by atoms with Gasteiger partial charge in [-0.05, 0) is 44.8 Å². The van der Waals surface area contributed by atoms with Gasteiger partial charge < -0.3 is 0 Å². The lowest BCUT2D eigenvalue weighted by Gasteiger charge is -2.06. The zero-order valence-corrected chi connectivity index (χ0v) is 15.4. The highest BCUT2D eigenvalue weighted by Crippen LogP contribution is 2.39. The quantitative estimate of drug-likeness (QED) is 0.333. The van der Waals surface area contributed by atoms with Gasteiger partial charge in [0.05, 0.1) is 9.75 Å². The van der Waals surface area contributed by atoms with Gasteiger partial charge in [-0.2, -0.15) is 0 Å². The Morgan fingerprint density at radius 1 is 0.500 bits per heavy atom. The summed E-state index contributed by atoms with van der Waals surface area (Å²) >= 11 is 2.68. The van der Waals surface area contributed by atoms with Crippen molar-refractivity contribution in [2.75, 3.05) is 0 Å². The van der Waals surface area contributed by atoms with Crippen LogP contribution in [-0.2, 0) is 0 Å². The standard InChI is InChI=1S/C23H14OS2/c24-23-25-21(19-11-9-15-5-1-3-7-17(15)13-19)22(26-23)20-12-10-16-6-2-4-8-18(16)14-20/h1-14H. The Labute approximate surface area is 158 Å². The van der Waals surface area contributed by atoms with Crippen molar-refractivity contribution < 1.29 is 0 Å². The number of benzene rings is 4. The first-order valence-corrected chi connectivity index (χ1v) is 10.0. The zero-order chi connectivity index (χ0) is 17.5. The molecular formula is C23H14OS2. The molecular weight excluding hydrogens is 356 g/mol. The highest BCUT2D eigenvalue weighted by molar-refractivity contribution is 7.32. The maximum absolute atomic E-state index is 12.2. The summed E-state index contributed by atoms with van der Waals surface area (Å²) in [5.74, 6) is 0. The van der Waals surface area contributed by atoms with Crippen LogP contribution in [0.4, 0.5) is 0 Å². The lowest BCUT2D eigenvalue weighted by atomic mass is 10.0. The van der Waals surface area contributed by atoms with E-state index in [1.165, 1.54) is 44.2 Å². The van der Waals surface area contributed by atoms with E-state index in [1.54, 1.807) is 0 Å². The second-order valence-electron chi connectivity index (χ2n) is 6.24. The Morgan fingerprint density at radius 2 is 0.923 bits per heavy atom. The molecule has 0 amide bonds. The topological polar surface area (TPSA) is 17.1 Å². The van der Waals surface area contributed by atoms with Crippen LogP contribution in [0.1, 0.15) is 0 Å². The SMILES string of the molecule is O=c1sc(-c2ccc3ccccc3c2)c(-c2ccc3ccccc3c2)s1.